The predicted octanol–water partition coefficient (Wildman–Crippen LogP) is 4.15. The van der Waals surface area contributed by atoms with Crippen LogP contribution in [0, 0.1) is 0 Å². The molecule has 0 bridgehead atoms. The number of rotatable bonds is 7. The number of anilines is 1. The summed E-state index contributed by atoms with van der Waals surface area (Å²) in [4.78, 5) is 23.9. The third kappa shape index (κ3) is 4.67. The van der Waals surface area contributed by atoms with Crippen LogP contribution in [0.2, 0.25) is 0 Å². The van der Waals surface area contributed by atoms with Gasteiger partial charge in [-0.15, -0.1) is 0 Å². The van der Waals surface area contributed by atoms with E-state index in [0.29, 0.717) is 28.3 Å². The molecule has 0 aliphatic carbocycles. The molecule has 0 aliphatic heterocycles. The van der Waals surface area contributed by atoms with Crippen LogP contribution in [0.15, 0.2) is 78.9 Å². The minimum absolute atomic E-state index is 0.283. The van der Waals surface area contributed by atoms with Gasteiger partial charge >= 0.3 is 5.97 Å². The Morgan fingerprint density at radius 3 is 2.04 bits per heavy atom. The first-order valence-electron chi connectivity index (χ1n) is 8.56. The minimum atomic E-state index is -1.12. The predicted molar refractivity (Wildman–Crippen MR) is 105 cm³/mol. The summed E-state index contributed by atoms with van der Waals surface area (Å²) >= 11 is 0. The molecule has 1 atom stereocenters. The van der Waals surface area contributed by atoms with Crippen molar-refractivity contribution < 1.29 is 24.2 Å². The number of hydrogen-bond acceptors (Lipinski definition) is 4. The maximum atomic E-state index is 12.4. The highest BCUT2D eigenvalue weighted by atomic mass is 16.5. The van der Waals surface area contributed by atoms with Gasteiger partial charge in [0.15, 0.2) is 0 Å². The number of carbonyl (C=O) groups excluding carboxylic acids is 1. The lowest BCUT2D eigenvalue weighted by Crippen LogP contribution is -2.18. The van der Waals surface area contributed by atoms with Crippen molar-refractivity contribution in [3.63, 3.8) is 0 Å². The molecule has 3 aromatic rings. The molecule has 142 valence electrons. The van der Waals surface area contributed by atoms with Crippen LogP contribution in [0.1, 0.15) is 22.0 Å². The largest absolute Gasteiger partial charge is 0.497 e. The number of methoxy groups -OCH3 is 1. The third-order valence-electron chi connectivity index (χ3n) is 4.04. The molecule has 6 heteroatoms. The van der Waals surface area contributed by atoms with Gasteiger partial charge in [0.1, 0.15) is 11.5 Å². The highest BCUT2D eigenvalue weighted by molar-refractivity contribution is 6.04. The second-order valence-corrected chi connectivity index (χ2v) is 5.95. The van der Waals surface area contributed by atoms with Gasteiger partial charge in [-0.1, -0.05) is 30.3 Å². The van der Waals surface area contributed by atoms with E-state index in [1.807, 2.05) is 0 Å². The van der Waals surface area contributed by atoms with Crippen molar-refractivity contribution in [3.05, 3.63) is 90.0 Å². The summed E-state index contributed by atoms with van der Waals surface area (Å²) in [5.41, 5.74) is 1.60. The quantitative estimate of drug-likeness (QED) is 0.646. The van der Waals surface area contributed by atoms with E-state index < -0.39 is 12.1 Å². The van der Waals surface area contributed by atoms with Crippen LogP contribution in [-0.2, 0) is 4.79 Å². The van der Waals surface area contributed by atoms with Gasteiger partial charge in [0, 0.05) is 16.8 Å². The lowest BCUT2D eigenvalue weighted by molar-refractivity contribution is -0.145. The van der Waals surface area contributed by atoms with E-state index in [2.05, 4.69) is 5.32 Å². The van der Waals surface area contributed by atoms with E-state index in [1.54, 1.807) is 86.0 Å². The maximum absolute atomic E-state index is 12.4. The average Bonchev–Trinajstić information content (AvgIpc) is 2.73. The highest BCUT2D eigenvalue weighted by Crippen LogP contribution is 2.23. The number of nitrogens with one attached hydrogen (secondary N) is 1. The summed E-state index contributed by atoms with van der Waals surface area (Å²) in [6.45, 7) is 0. The van der Waals surface area contributed by atoms with Gasteiger partial charge in [-0.3, -0.25) is 4.79 Å². The van der Waals surface area contributed by atoms with Crippen molar-refractivity contribution in [2.75, 3.05) is 12.4 Å². The normalized spacial score (nSPS) is 11.3. The number of carboxylic acid groups (broad SMARTS) is 1. The van der Waals surface area contributed by atoms with Crippen LogP contribution < -0.4 is 14.8 Å². The van der Waals surface area contributed by atoms with Crippen LogP contribution in [-0.4, -0.2) is 24.1 Å². The Labute approximate surface area is 162 Å². The minimum Gasteiger partial charge on any atom is -0.497 e. The number of benzene rings is 3. The van der Waals surface area contributed by atoms with E-state index in [1.165, 1.54) is 0 Å². The first-order valence-corrected chi connectivity index (χ1v) is 8.56. The number of aliphatic carboxylic acids is 1. The Morgan fingerprint density at radius 2 is 1.46 bits per heavy atom. The SMILES string of the molecule is COc1ccc(NC(=O)c2ccc(OC(C(=O)O)c3ccccc3)cc2)cc1. The molecule has 0 aromatic heterocycles. The molecule has 0 spiro atoms. The van der Waals surface area contributed by atoms with Crippen LogP contribution in [0.5, 0.6) is 11.5 Å². The zero-order valence-corrected chi connectivity index (χ0v) is 15.2. The Balaban J connectivity index is 1.68. The zero-order valence-electron chi connectivity index (χ0n) is 15.2. The van der Waals surface area contributed by atoms with Crippen LogP contribution in [0.3, 0.4) is 0 Å². The Morgan fingerprint density at radius 1 is 0.857 bits per heavy atom. The molecule has 0 aliphatic rings. The molecule has 3 aromatic carbocycles. The molecule has 0 saturated carbocycles. The van der Waals surface area contributed by atoms with Gasteiger partial charge in [0.05, 0.1) is 7.11 Å². The molecule has 1 amide bonds. The summed E-state index contributed by atoms with van der Waals surface area (Å²) < 4.78 is 10.7. The van der Waals surface area contributed by atoms with Gasteiger partial charge in [-0.2, -0.15) is 0 Å². The molecule has 0 fully saturated rings. The van der Waals surface area contributed by atoms with Gasteiger partial charge in [0.2, 0.25) is 6.10 Å². The van der Waals surface area contributed by atoms with Crippen molar-refractivity contribution in [3.8, 4) is 11.5 Å². The van der Waals surface area contributed by atoms with Crippen LogP contribution >= 0.6 is 0 Å². The number of carboxylic acids is 1. The molecule has 28 heavy (non-hydrogen) atoms. The lowest BCUT2D eigenvalue weighted by Gasteiger charge is -2.15. The fourth-order valence-electron chi connectivity index (χ4n) is 2.59. The Bertz CT molecular complexity index is 937. The van der Waals surface area contributed by atoms with Gasteiger partial charge in [-0.05, 0) is 48.5 Å². The van der Waals surface area contributed by atoms with Crippen LogP contribution in [0.25, 0.3) is 0 Å². The molecule has 2 N–H and O–H groups in total. The van der Waals surface area contributed by atoms with Crippen molar-refractivity contribution in [1.82, 2.24) is 0 Å². The maximum Gasteiger partial charge on any atom is 0.349 e. The Kier molecular flexibility index (Phi) is 5.91. The fourth-order valence-corrected chi connectivity index (χ4v) is 2.59. The highest BCUT2D eigenvalue weighted by Gasteiger charge is 2.21. The number of ether oxygens (including phenoxy) is 2. The monoisotopic (exact) mass is 377 g/mol. The van der Waals surface area contributed by atoms with Crippen molar-refractivity contribution in [2.24, 2.45) is 0 Å². The van der Waals surface area contributed by atoms with Gasteiger partial charge < -0.3 is 19.9 Å². The van der Waals surface area contributed by atoms with Crippen LogP contribution in [0.4, 0.5) is 5.69 Å². The third-order valence-corrected chi connectivity index (χ3v) is 4.04. The standard InChI is InChI=1S/C22H19NO5/c1-27-18-13-9-17(10-14-18)23-21(24)16-7-11-19(12-8-16)28-20(22(25)26)15-5-3-2-4-6-15/h2-14,20H,1H3,(H,23,24)(H,25,26). The molecule has 3 rings (SSSR count). The average molecular weight is 377 g/mol. The van der Waals surface area contributed by atoms with E-state index in [9.17, 15) is 14.7 Å². The second kappa shape index (κ2) is 8.73. The first kappa shape index (κ1) is 19.0. The smallest absolute Gasteiger partial charge is 0.349 e. The molecular weight excluding hydrogens is 358 g/mol. The van der Waals surface area contributed by atoms with Gasteiger partial charge in [-0.25, -0.2) is 4.79 Å². The summed E-state index contributed by atoms with van der Waals surface area (Å²) in [6.07, 6.45) is -1.12. The summed E-state index contributed by atoms with van der Waals surface area (Å²) in [5, 5.41) is 12.2. The lowest BCUT2D eigenvalue weighted by atomic mass is 10.1. The van der Waals surface area contributed by atoms with E-state index >= 15 is 0 Å². The molecule has 6 nitrogen and oxygen atoms in total. The summed E-state index contributed by atoms with van der Waals surface area (Å²) in [6, 6.07) is 22.0. The first-order chi connectivity index (χ1) is 13.6. The summed E-state index contributed by atoms with van der Waals surface area (Å²) in [5.74, 6) is -0.315. The molecule has 1 unspecified atom stereocenters. The van der Waals surface area contributed by atoms with E-state index in [0.717, 1.165) is 0 Å². The Hall–Kier alpha value is -3.80. The molecule has 0 radical (unpaired) electrons. The van der Waals surface area contributed by atoms with Crippen molar-refractivity contribution in [1.29, 1.82) is 0 Å². The fraction of sp³-hybridized carbons (Fsp3) is 0.0909. The van der Waals surface area contributed by atoms with Gasteiger partial charge in [0.25, 0.3) is 5.91 Å². The van der Waals surface area contributed by atoms with Crippen molar-refractivity contribution >= 4 is 17.6 Å². The zero-order chi connectivity index (χ0) is 19.9. The molecule has 0 heterocycles. The van der Waals surface area contributed by atoms with Crippen molar-refractivity contribution in [2.45, 2.75) is 6.10 Å². The summed E-state index contributed by atoms with van der Waals surface area (Å²) in [7, 11) is 1.57. The van der Waals surface area contributed by atoms with E-state index in [4.69, 9.17) is 9.47 Å². The number of hydrogen-bond donors (Lipinski definition) is 2. The number of amides is 1. The second-order valence-electron chi connectivity index (χ2n) is 5.95. The molecular formula is C22H19NO5. The topological polar surface area (TPSA) is 84.9 Å². The van der Waals surface area contributed by atoms with E-state index in [-0.39, 0.29) is 5.91 Å². The number of carbonyl (C=O) groups is 2. The molecule has 0 saturated heterocycles.